The first kappa shape index (κ1) is 13.7. The van der Waals surface area contributed by atoms with E-state index in [4.69, 9.17) is 0 Å². The highest BCUT2D eigenvalue weighted by Crippen LogP contribution is 2.02. The van der Waals surface area contributed by atoms with Crippen molar-refractivity contribution in [2.45, 2.75) is 6.92 Å². The summed E-state index contributed by atoms with van der Waals surface area (Å²) in [6.45, 7) is 2.55. The molecule has 1 aromatic heterocycles. The molecule has 104 valence electrons. The van der Waals surface area contributed by atoms with E-state index in [9.17, 15) is 9.59 Å². The Bertz CT molecular complexity index is 579. The maximum Gasteiger partial charge on any atom is 0.292 e. The predicted molar refractivity (Wildman–Crippen MR) is 70.0 cm³/mol. The molecule has 0 radical (unpaired) electrons. The molecule has 3 N–H and O–H groups in total. The standard InChI is InChI=1S/C12H14N6O2/c1-8-2-4-9(5-3-8)11(19)13-6-7-14-12(20)10-15-17-18-16-10/h2-5H,6-7H2,1H3,(H,13,19)(H,14,20)(H,15,16,17,18). The number of rotatable bonds is 5. The van der Waals surface area contributed by atoms with Crippen LogP contribution < -0.4 is 10.6 Å². The van der Waals surface area contributed by atoms with E-state index < -0.39 is 5.91 Å². The fourth-order valence-corrected chi connectivity index (χ4v) is 1.50. The molecule has 1 heterocycles. The molecule has 0 aliphatic carbocycles. The van der Waals surface area contributed by atoms with Gasteiger partial charge in [-0.2, -0.15) is 5.21 Å². The van der Waals surface area contributed by atoms with E-state index in [0.717, 1.165) is 5.56 Å². The molecular weight excluding hydrogens is 260 g/mol. The van der Waals surface area contributed by atoms with Crippen LogP contribution in [0.2, 0.25) is 0 Å². The second-order valence-corrected chi connectivity index (χ2v) is 4.11. The van der Waals surface area contributed by atoms with Gasteiger partial charge in [-0.3, -0.25) is 9.59 Å². The Balaban J connectivity index is 1.72. The number of aromatic amines is 1. The van der Waals surface area contributed by atoms with Crippen LogP contribution in [0.5, 0.6) is 0 Å². The Morgan fingerprint density at radius 2 is 1.75 bits per heavy atom. The molecule has 0 aliphatic heterocycles. The third kappa shape index (κ3) is 3.61. The summed E-state index contributed by atoms with van der Waals surface area (Å²) in [5, 5.41) is 17.8. The highest BCUT2D eigenvalue weighted by atomic mass is 16.2. The van der Waals surface area contributed by atoms with Crippen LogP contribution in [0, 0.1) is 6.92 Å². The Hall–Kier alpha value is -2.77. The highest BCUT2D eigenvalue weighted by Gasteiger charge is 2.09. The number of hydrogen-bond donors (Lipinski definition) is 3. The number of carbonyl (C=O) groups is 2. The number of aryl methyl sites for hydroxylation is 1. The van der Waals surface area contributed by atoms with Crippen molar-refractivity contribution >= 4 is 11.8 Å². The van der Waals surface area contributed by atoms with Crippen molar-refractivity contribution in [1.29, 1.82) is 0 Å². The van der Waals surface area contributed by atoms with Crippen molar-refractivity contribution in [2.75, 3.05) is 13.1 Å². The van der Waals surface area contributed by atoms with Crippen LogP contribution >= 0.6 is 0 Å². The van der Waals surface area contributed by atoms with E-state index in [1.807, 2.05) is 19.1 Å². The van der Waals surface area contributed by atoms with Crippen molar-refractivity contribution in [3.8, 4) is 0 Å². The molecule has 2 aromatic rings. The normalized spacial score (nSPS) is 10.1. The molecule has 0 atom stereocenters. The average molecular weight is 274 g/mol. The Labute approximate surface area is 115 Å². The smallest absolute Gasteiger partial charge is 0.292 e. The first-order chi connectivity index (χ1) is 9.66. The number of hydrogen-bond acceptors (Lipinski definition) is 5. The van der Waals surface area contributed by atoms with Crippen LogP contribution in [0.15, 0.2) is 24.3 Å². The second kappa shape index (κ2) is 6.41. The molecule has 2 rings (SSSR count). The number of H-pyrrole nitrogens is 1. The first-order valence-corrected chi connectivity index (χ1v) is 6.03. The molecular formula is C12H14N6O2. The van der Waals surface area contributed by atoms with Crippen molar-refractivity contribution < 1.29 is 9.59 Å². The molecule has 0 fully saturated rings. The van der Waals surface area contributed by atoms with Gasteiger partial charge in [-0.1, -0.05) is 17.7 Å². The number of nitrogens with one attached hydrogen (secondary N) is 3. The number of carbonyl (C=O) groups excluding carboxylic acids is 2. The van der Waals surface area contributed by atoms with E-state index in [2.05, 4.69) is 31.3 Å². The van der Waals surface area contributed by atoms with Crippen molar-refractivity contribution in [3.63, 3.8) is 0 Å². The van der Waals surface area contributed by atoms with E-state index in [1.165, 1.54) is 0 Å². The number of benzene rings is 1. The number of aromatic nitrogens is 4. The lowest BCUT2D eigenvalue weighted by Crippen LogP contribution is -2.35. The first-order valence-electron chi connectivity index (χ1n) is 6.03. The van der Waals surface area contributed by atoms with Crippen molar-refractivity contribution in [3.05, 3.63) is 41.2 Å². The summed E-state index contributed by atoms with van der Waals surface area (Å²) in [7, 11) is 0. The van der Waals surface area contributed by atoms with Gasteiger partial charge in [-0.05, 0) is 24.3 Å². The molecule has 0 unspecified atom stereocenters. The fourth-order valence-electron chi connectivity index (χ4n) is 1.50. The lowest BCUT2D eigenvalue weighted by molar-refractivity contribution is 0.0922. The molecule has 8 nitrogen and oxygen atoms in total. The van der Waals surface area contributed by atoms with Gasteiger partial charge in [0.25, 0.3) is 17.6 Å². The van der Waals surface area contributed by atoms with Gasteiger partial charge in [0.15, 0.2) is 0 Å². The van der Waals surface area contributed by atoms with Gasteiger partial charge >= 0.3 is 0 Å². The van der Waals surface area contributed by atoms with Gasteiger partial charge in [-0.15, -0.1) is 10.2 Å². The Morgan fingerprint density at radius 3 is 2.35 bits per heavy atom. The van der Waals surface area contributed by atoms with Gasteiger partial charge in [0.1, 0.15) is 0 Å². The molecule has 2 amide bonds. The average Bonchev–Trinajstić information content (AvgIpc) is 2.98. The lowest BCUT2D eigenvalue weighted by Gasteiger charge is -2.06. The highest BCUT2D eigenvalue weighted by molar-refractivity contribution is 5.94. The van der Waals surface area contributed by atoms with Gasteiger partial charge < -0.3 is 10.6 Å². The summed E-state index contributed by atoms with van der Waals surface area (Å²) in [5.74, 6) is -0.656. The quantitative estimate of drug-likeness (QED) is 0.646. The maximum atomic E-state index is 11.8. The monoisotopic (exact) mass is 274 g/mol. The van der Waals surface area contributed by atoms with Gasteiger partial charge in [0.05, 0.1) is 0 Å². The van der Waals surface area contributed by atoms with Gasteiger partial charge in [0.2, 0.25) is 0 Å². The number of nitrogens with zero attached hydrogens (tertiary/aromatic N) is 3. The summed E-state index contributed by atoms with van der Waals surface area (Å²) in [4.78, 5) is 23.2. The minimum atomic E-state index is -0.441. The van der Waals surface area contributed by atoms with Crippen LogP contribution in [0.1, 0.15) is 26.5 Å². The zero-order chi connectivity index (χ0) is 14.4. The van der Waals surface area contributed by atoms with Crippen LogP contribution in [0.4, 0.5) is 0 Å². The fraction of sp³-hybridized carbons (Fsp3) is 0.250. The minimum absolute atomic E-state index is 0.0325. The third-order valence-corrected chi connectivity index (χ3v) is 2.56. The molecule has 1 aromatic carbocycles. The van der Waals surface area contributed by atoms with E-state index in [1.54, 1.807) is 12.1 Å². The summed E-state index contributed by atoms with van der Waals surface area (Å²) in [5.41, 5.74) is 1.68. The van der Waals surface area contributed by atoms with Crippen LogP contribution in [0.3, 0.4) is 0 Å². The van der Waals surface area contributed by atoms with E-state index in [-0.39, 0.29) is 18.3 Å². The van der Waals surface area contributed by atoms with Crippen molar-refractivity contribution in [1.82, 2.24) is 31.3 Å². The Morgan fingerprint density at radius 1 is 1.10 bits per heavy atom. The van der Waals surface area contributed by atoms with Gasteiger partial charge in [-0.25, -0.2) is 0 Å². The SMILES string of the molecule is Cc1ccc(C(=O)NCCNC(=O)c2nn[nH]n2)cc1. The number of tetrazole rings is 1. The zero-order valence-corrected chi connectivity index (χ0v) is 10.9. The molecule has 0 saturated heterocycles. The van der Waals surface area contributed by atoms with Gasteiger partial charge in [0, 0.05) is 18.7 Å². The lowest BCUT2D eigenvalue weighted by atomic mass is 10.1. The molecule has 0 bridgehead atoms. The van der Waals surface area contributed by atoms with E-state index >= 15 is 0 Å². The molecule has 0 spiro atoms. The molecule has 0 saturated carbocycles. The van der Waals surface area contributed by atoms with Crippen LogP contribution in [-0.2, 0) is 0 Å². The summed E-state index contributed by atoms with van der Waals surface area (Å²) < 4.78 is 0. The third-order valence-electron chi connectivity index (χ3n) is 2.56. The molecule has 8 heteroatoms. The molecule has 20 heavy (non-hydrogen) atoms. The second-order valence-electron chi connectivity index (χ2n) is 4.11. The predicted octanol–water partition coefficient (Wildman–Crippen LogP) is -0.332. The zero-order valence-electron chi connectivity index (χ0n) is 10.9. The Kier molecular flexibility index (Phi) is 4.38. The van der Waals surface area contributed by atoms with E-state index in [0.29, 0.717) is 12.1 Å². The number of amides is 2. The summed E-state index contributed by atoms with van der Waals surface area (Å²) in [6, 6.07) is 7.24. The molecule has 0 aliphatic rings. The van der Waals surface area contributed by atoms with Crippen LogP contribution in [0.25, 0.3) is 0 Å². The largest absolute Gasteiger partial charge is 0.350 e. The van der Waals surface area contributed by atoms with Crippen molar-refractivity contribution in [2.24, 2.45) is 0 Å². The minimum Gasteiger partial charge on any atom is -0.350 e. The maximum absolute atomic E-state index is 11.8. The summed E-state index contributed by atoms with van der Waals surface area (Å²) >= 11 is 0. The van der Waals surface area contributed by atoms with Crippen LogP contribution in [-0.4, -0.2) is 45.5 Å². The summed E-state index contributed by atoms with van der Waals surface area (Å²) in [6.07, 6.45) is 0. The topological polar surface area (TPSA) is 113 Å².